The van der Waals surface area contributed by atoms with Crippen molar-refractivity contribution in [3.8, 4) is 0 Å². The van der Waals surface area contributed by atoms with Gasteiger partial charge in [0.25, 0.3) is 0 Å². The van der Waals surface area contributed by atoms with Gasteiger partial charge in [-0.1, -0.05) is 19.4 Å². The largest absolute Gasteiger partial charge is 0.328 e. The van der Waals surface area contributed by atoms with E-state index in [1.54, 1.807) is 0 Å². The van der Waals surface area contributed by atoms with Crippen LogP contribution >= 0.6 is 11.3 Å². The zero-order chi connectivity index (χ0) is 8.81. The monoisotopic (exact) mass is 183 g/mol. The highest BCUT2D eigenvalue weighted by atomic mass is 32.1. The molecule has 0 aliphatic rings. The average molecular weight is 183 g/mol. The van der Waals surface area contributed by atoms with E-state index in [1.807, 2.05) is 11.3 Å². The fourth-order valence-electron chi connectivity index (χ4n) is 1.30. The van der Waals surface area contributed by atoms with Crippen LogP contribution in [0, 0.1) is 0 Å². The van der Waals surface area contributed by atoms with Crippen LogP contribution in [0.5, 0.6) is 0 Å². The van der Waals surface area contributed by atoms with E-state index >= 15 is 0 Å². The summed E-state index contributed by atoms with van der Waals surface area (Å²) in [6.07, 6.45) is 4.64. The van der Waals surface area contributed by atoms with Gasteiger partial charge < -0.3 is 5.73 Å². The molecule has 0 aliphatic heterocycles. The molecule has 1 aromatic heterocycles. The van der Waals surface area contributed by atoms with Gasteiger partial charge in [-0.3, -0.25) is 0 Å². The number of hydrogen-bond acceptors (Lipinski definition) is 2. The van der Waals surface area contributed by atoms with Crippen LogP contribution in [-0.4, -0.2) is 6.04 Å². The predicted molar refractivity (Wildman–Crippen MR) is 55.5 cm³/mol. The third-order valence-electron chi connectivity index (χ3n) is 2.00. The first-order chi connectivity index (χ1) is 5.83. The molecule has 1 nitrogen and oxygen atoms in total. The Balaban J connectivity index is 2.17. The lowest BCUT2D eigenvalue weighted by Gasteiger charge is -2.08. The van der Waals surface area contributed by atoms with Crippen molar-refractivity contribution in [2.24, 2.45) is 5.73 Å². The van der Waals surface area contributed by atoms with E-state index in [2.05, 4.69) is 24.4 Å². The van der Waals surface area contributed by atoms with E-state index in [0.29, 0.717) is 6.04 Å². The maximum atomic E-state index is 5.91. The van der Waals surface area contributed by atoms with Crippen LogP contribution in [0.2, 0.25) is 0 Å². The number of aryl methyl sites for hydroxylation is 1. The second-order valence-electron chi connectivity index (χ2n) is 3.17. The Morgan fingerprint density at radius 1 is 1.50 bits per heavy atom. The van der Waals surface area contributed by atoms with Gasteiger partial charge >= 0.3 is 0 Å². The van der Waals surface area contributed by atoms with E-state index in [0.717, 1.165) is 19.3 Å². The first kappa shape index (κ1) is 9.75. The Morgan fingerprint density at radius 3 is 2.92 bits per heavy atom. The van der Waals surface area contributed by atoms with Crippen LogP contribution in [0.3, 0.4) is 0 Å². The molecule has 0 saturated carbocycles. The summed E-state index contributed by atoms with van der Waals surface area (Å²) in [5.41, 5.74) is 5.91. The predicted octanol–water partition coefficient (Wildman–Crippen LogP) is 2.81. The minimum Gasteiger partial charge on any atom is -0.328 e. The Morgan fingerprint density at radius 2 is 2.33 bits per heavy atom. The Kier molecular flexibility index (Phi) is 4.33. The molecule has 0 saturated heterocycles. The minimum absolute atomic E-state index is 0.400. The summed E-state index contributed by atoms with van der Waals surface area (Å²) in [5.74, 6) is 0. The average Bonchev–Trinajstić information content (AvgIpc) is 2.53. The van der Waals surface area contributed by atoms with Crippen molar-refractivity contribution in [2.45, 2.75) is 38.6 Å². The topological polar surface area (TPSA) is 26.0 Å². The maximum absolute atomic E-state index is 5.91. The van der Waals surface area contributed by atoms with Gasteiger partial charge in [-0.25, -0.2) is 0 Å². The van der Waals surface area contributed by atoms with Crippen molar-refractivity contribution >= 4 is 11.3 Å². The molecule has 2 N–H and O–H groups in total. The van der Waals surface area contributed by atoms with E-state index in [9.17, 15) is 0 Å². The molecule has 1 atom stereocenters. The smallest absolute Gasteiger partial charge is 0.00458 e. The molecule has 0 spiro atoms. The molecule has 0 amide bonds. The number of rotatable bonds is 5. The highest BCUT2D eigenvalue weighted by Crippen LogP contribution is 2.12. The Hall–Kier alpha value is -0.340. The van der Waals surface area contributed by atoms with E-state index in [1.165, 1.54) is 11.3 Å². The van der Waals surface area contributed by atoms with Gasteiger partial charge in [0.15, 0.2) is 0 Å². The van der Waals surface area contributed by atoms with Gasteiger partial charge in [-0.2, -0.15) is 0 Å². The molecule has 2 heteroatoms. The number of thiophene rings is 1. The fourth-order valence-corrected chi connectivity index (χ4v) is 2.02. The summed E-state index contributed by atoms with van der Waals surface area (Å²) >= 11 is 1.83. The van der Waals surface area contributed by atoms with Crippen LogP contribution in [0.1, 0.15) is 31.1 Å². The zero-order valence-electron chi connectivity index (χ0n) is 7.62. The quantitative estimate of drug-likeness (QED) is 0.746. The van der Waals surface area contributed by atoms with Crippen molar-refractivity contribution in [1.29, 1.82) is 0 Å². The normalized spacial score (nSPS) is 13.2. The van der Waals surface area contributed by atoms with Gasteiger partial charge in [0.05, 0.1) is 0 Å². The minimum atomic E-state index is 0.400. The molecule has 0 aliphatic carbocycles. The Bertz CT molecular complexity index is 194. The molecular formula is C10H17NS. The summed E-state index contributed by atoms with van der Waals surface area (Å²) < 4.78 is 0. The summed E-state index contributed by atoms with van der Waals surface area (Å²) in [6.45, 7) is 2.19. The first-order valence-corrected chi connectivity index (χ1v) is 5.49. The molecular weight excluding hydrogens is 166 g/mol. The maximum Gasteiger partial charge on any atom is 0.00458 e. The first-order valence-electron chi connectivity index (χ1n) is 4.61. The Labute approximate surface area is 78.6 Å². The standard InChI is InChI=1S/C10H17NS/c1-2-4-9(11)6-7-10-5-3-8-12-10/h3,5,8-9H,2,4,6-7,11H2,1H3. The van der Waals surface area contributed by atoms with Gasteiger partial charge in [0, 0.05) is 10.9 Å². The summed E-state index contributed by atoms with van der Waals surface area (Å²) in [4.78, 5) is 1.46. The van der Waals surface area contributed by atoms with Gasteiger partial charge in [-0.15, -0.1) is 11.3 Å². The second-order valence-corrected chi connectivity index (χ2v) is 4.20. The molecule has 68 valence electrons. The third kappa shape index (κ3) is 3.37. The molecule has 0 radical (unpaired) electrons. The van der Waals surface area contributed by atoms with Crippen LogP contribution in [-0.2, 0) is 6.42 Å². The summed E-state index contributed by atoms with van der Waals surface area (Å²) in [5, 5.41) is 2.13. The molecule has 1 heterocycles. The van der Waals surface area contributed by atoms with Crippen LogP contribution < -0.4 is 5.73 Å². The molecule has 0 aromatic carbocycles. The third-order valence-corrected chi connectivity index (χ3v) is 2.94. The number of hydrogen-bond donors (Lipinski definition) is 1. The number of nitrogens with two attached hydrogens (primary N) is 1. The van der Waals surface area contributed by atoms with Crippen LogP contribution in [0.15, 0.2) is 17.5 Å². The lowest BCUT2D eigenvalue weighted by Crippen LogP contribution is -2.19. The molecule has 1 rings (SSSR count). The molecule has 1 unspecified atom stereocenters. The van der Waals surface area contributed by atoms with Crippen molar-refractivity contribution in [3.05, 3.63) is 22.4 Å². The van der Waals surface area contributed by atoms with E-state index < -0.39 is 0 Å². The van der Waals surface area contributed by atoms with Crippen molar-refractivity contribution in [2.75, 3.05) is 0 Å². The molecule has 12 heavy (non-hydrogen) atoms. The summed E-state index contributed by atoms with van der Waals surface area (Å²) in [7, 11) is 0. The molecule has 1 aromatic rings. The van der Waals surface area contributed by atoms with E-state index in [-0.39, 0.29) is 0 Å². The van der Waals surface area contributed by atoms with Crippen molar-refractivity contribution in [3.63, 3.8) is 0 Å². The highest BCUT2D eigenvalue weighted by molar-refractivity contribution is 7.09. The van der Waals surface area contributed by atoms with E-state index in [4.69, 9.17) is 5.73 Å². The van der Waals surface area contributed by atoms with Gasteiger partial charge in [0.1, 0.15) is 0 Å². The lowest BCUT2D eigenvalue weighted by atomic mass is 10.1. The second kappa shape index (κ2) is 5.33. The lowest BCUT2D eigenvalue weighted by molar-refractivity contribution is 0.563. The van der Waals surface area contributed by atoms with Crippen LogP contribution in [0.25, 0.3) is 0 Å². The summed E-state index contributed by atoms with van der Waals surface area (Å²) in [6, 6.07) is 4.69. The van der Waals surface area contributed by atoms with Gasteiger partial charge in [-0.05, 0) is 30.7 Å². The SMILES string of the molecule is CCCC(N)CCc1cccs1. The highest BCUT2D eigenvalue weighted by Gasteiger charge is 2.01. The van der Waals surface area contributed by atoms with Crippen molar-refractivity contribution < 1.29 is 0 Å². The molecule has 0 bridgehead atoms. The van der Waals surface area contributed by atoms with Crippen molar-refractivity contribution in [1.82, 2.24) is 0 Å². The fraction of sp³-hybridized carbons (Fsp3) is 0.600. The van der Waals surface area contributed by atoms with Gasteiger partial charge in [0.2, 0.25) is 0 Å². The molecule has 0 fully saturated rings. The zero-order valence-corrected chi connectivity index (χ0v) is 8.44. The van der Waals surface area contributed by atoms with Crippen LogP contribution in [0.4, 0.5) is 0 Å².